The molecular formula is C16H22FN3O. The van der Waals surface area contributed by atoms with Crippen LogP contribution in [0.3, 0.4) is 0 Å². The predicted molar refractivity (Wildman–Crippen MR) is 80.8 cm³/mol. The molecule has 1 aromatic heterocycles. The summed E-state index contributed by atoms with van der Waals surface area (Å²) in [5.41, 5.74) is 1.21. The summed E-state index contributed by atoms with van der Waals surface area (Å²) in [5, 5.41) is 9.72. The monoisotopic (exact) mass is 291 g/mol. The molecule has 4 nitrogen and oxygen atoms in total. The first kappa shape index (κ1) is 14.5. The van der Waals surface area contributed by atoms with Gasteiger partial charge in [0.25, 0.3) is 0 Å². The molecule has 2 N–H and O–H groups in total. The summed E-state index contributed by atoms with van der Waals surface area (Å²) < 4.78 is 13.7. The summed E-state index contributed by atoms with van der Waals surface area (Å²) >= 11 is 0. The van der Waals surface area contributed by atoms with Crippen LogP contribution in [0.1, 0.15) is 37.9 Å². The van der Waals surface area contributed by atoms with Crippen molar-refractivity contribution in [3.63, 3.8) is 0 Å². The molecule has 21 heavy (non-hydrogen) atoms. The third-order valence-corrected chi connectivity index (χ3v) is 4.40. The van der Waals surface area contributed by atoms with E-state index in [-0.39, 0.29) is 11.9 Å². The SMILES string of the molecule is CC[C@@H](O)CN1CCC(c2nc3c(F)cccc3[nH]2)CC1. The van der Waals surface area contributed by atoms with Gasteiger partial charge in [-0.1, -0.05) is 13.0 Å². The van der Waals surface area contributed by atoms with E-state index in [2.05, 4.69) is 14.9 Å². The zero-order valence-corrected chi connectivity index (χ0v) is 12.3. The summed E-state index contributed by atoms with van der Waals surface area (Å²) in [6.45, 7) is 4.67. The number of imidazole rings is 1. The Kier molecular flexibility index (Phi) is 4.22. The lowest BCUT2D eigenvalue weighted by Gasteiger charge is -2.32. The van der Waals surface area contributed by atoms with E-state index >= 15 is 0 Å². The van der Waals surface area contributed by atoms with Crippen molar-refractivity contribution in [2.24, 2.45) is 0 Å². The molecule has 0 amide bonds. The number of fused-ring (bicyclic) bond motifs is 1. The third-order valence-electron chi connectivity index (χ3n) is 4.40. The number of β-amino-alcohol motifs (C(OH)–C–C–N with tert-alkyl or cyclic N) is 1. The summed E-state index contributed by atoms with van der Waals surface area (Å²) in [6, 6.07) is 5.01. The lowest BCUT2D eigenvalue weighted by Crippen LogP contribution is -2.38. The van der Waals surface area contributed by atoms with Crippen LogP contribution in [0.2, 0.25) is 0 Å². The van der Waals surface area contributed by atoms with Gasteiger partial charge in [-0.15, -0.1) is 0 Å². The van der Waals surface area contributed by atoms with Gasteiger partial charge in [-0.3, -0.25) is 0 Å². The molecule has 0 bridgehead atoms. The number of H-pyrrole nitrogens is 1. The van der Waals surface area contributed by atoms with E-state index < -0.39 is 0 Å². The minimum Gasteiger partial charge on any atom is -0.392 e. The smallest absolute Gasteiger partial charge is 0.151 e. The summed E-state index contributed by atoms with van der Waals surface area (Å²) in [7, 11) is 0. The maximum atomic E-state index is 13.7. The Balaban J connectivity index is 1.67. The van der Waals surface area contributed by atoms with E-state index in [0.29, 0.717) is 11.4 Å². The summed E-state index contributed by atoms with van der Waals surface area (Å²) in [5.74, 6) is 0.983. The molecule has 1 aliphatic rings. The van der Waals surface area contributed by atoms with Crippen molar-refractivity contribution in [2.75, 3.05) is 19.6 Å². The number of hydrogen-bond donors (Lipinski definition) is 2. The minimum atomic E-state index is -0.265. The number of nitrogens with zero attached hydrogens (tertiary/aromatic N) is 2. The number of rotatable bonds is 4. The van der Waals surface area contributed by atoms with Gasteiger partial charge in [0.15, 0.2) is 5.82 Å². The molecule has 2 aromatic rings. The van der Waals surface area contributed by atoms with Crippen LogP contribution >= 0.6 is 0 Å². The van der Waals surface area contributed by atoms with Gasteiger partial charge in [0.05, 0.1) is 11.6 Å². The number of benzene rings is 1. The highest BCUT2D eigenvalue weighted by Crippen LogP contribution is 2.28. The molecule has 1 saturated heterocycles. The number of nitrogens with one attached hydrogen (secondary N) is 1. The Morgan fingerprint density at radius 3 is 2.86 bits per heavy atom. The van der Waals surface area contributed by atoms with Crippen molar-refractivity contribution in [3.8, 4) is 0 Å². The van der Waals surface area contributed by atoms with Gasteiger partial charge < -0.3 is 15.0 Å². The molecule has 114 valence electrons. The highest BCUT2D eigenvalue weighted by atomic mass is 19.1. The maximum Gasteiger partial charge on any atom is 0.151 e. The number of aliphatic hydroxyl groups is 1. The van der Waals surface area contributed by atoms with E-state index in [4.69, 9.17) is 0 Å². The Morgan fingerprint density at radius 1 is 1.43 bits per heavy atom. The molecule has 0 aliphatic carbocycles. The largest absolute Gasteiger partial charge is 0.392 e. The predicted octanol–water partition coefficient (Wildman–Crippen LogP) is 2.65. The number of aliphatic hydroxyl groups excluding tert-OH is 1. The average molecular weight is 291 g/mol. The first-order valence-electron chi connectivity index (χ1n) is 7.72. The number of para-hydroxylation sites is 1. The zero-order valence-electron chi connectivity index (χ0n) is 12.3. The van der Waals surface area contributed by atoms with Crippen molar-refractivity contribution in [2.45, 2.75) is 38.2 Å². The van der Waals surface area contributed by atoms with Gasteiger partial charge in [0.2, 0.25) is 0 Å². The normalized spacial score (nSPS) is 19.2. The summed E-state index contributed by atoms with van der Waals surface area (Å²) in [4.78, 5) is 9.99. The third kappa shape index (κ3) is 3.09. The zero-order chi connectivity index (χ0) is 14.8. The fourth-order valence-corrected chi connectivity index (χ4v) is 3.03. The van der Waals surface area contributed by atoms with Crippen LogP contribution in [0.4, 0.5) is 4.39 Å². The standard InChI is InChI=1S/C16H22FN3O/c1-2-12(21)10-20-8-6-11(7-9-20)16-18-14-5-3-4-13(17)15(14)19-16/h3-5,11-12,21H,2,6-10H2,1H3,(H,18,19)/t12-/m1/s1. The highest BCUT2D eigenvalue weighted by molar-refractivity contribution is 5.75. The van der Waals surface area contributed by atoms with Crippen molar-refractivity contribution >= 4 is 11.0 Å². The molecule has 0 saturated carbocycles. The molecule has 5 heteroatoms. The Morgan fingerprint density at radius 2 is 2.19 bits per heavy atom. The van der Waals surface area contributed by atoms with Crippen LogP contribution in [0, 0.1) is 5.82 Å². The number of aromatic nitrogens is 2. The van der Waals surface area contributed by atoms with Crippen LogP contribution in [-0.4, -0.2) is 45.7 Å². The van der Waals surface area contributed by atoms with Gasteiger partial charge in [-0.2, -0.15) is 0 Å². The summed E-state index contributed by atoms with van der Waals surface area (Å²) in [6.07, 6.45) is 2.56. The Labute approximate surface area is 124 Å². The molecule has 1 fully saturated rings. The van der Waals surface area contributed by atoms with Gasteiger partial charge in [-0.05, 0) is 44.5 Å². The minimum absolute atomic E-state index is 0.234. The number of piperidine rings is 1. The topological polar surface area (TPSA) is 52.1 Å². The first-order chi connectivity index (χ1) is 10.2. The van der Waals surface area contributed by atoms with Crippen molar-refractivity contribution in [1.29, 1.82) is 0 Å². The van der Waals surface area contributed by atoms with Gasteiger partial charge >= 0.3 is 0 Å². The van der Waals surface area contributed by atoms with Crippen molar-refractivity contribution in [1.82, 2.24) is 14.9 Å². The molecule has 2 heterocycles. The molecule has 1 aromatic carbocycles. The van der Waals surface area contributed by atoms with Crippen LogP contribution in [-0.2, 0) is 0 Å². The fraction of sp³-hybridized carbons (Fsp3) is 0.562. The van der Waals surface area contributed by atoms with E-state index in [1.54, 1.807) is 6.07 Å². The molecule has 0 radical (unpaired) electrons. The Bertz CT molecular complexity index is 605. The number of halogens is 1. The second-order valence-corrected chi connectivity index (χ2v) is 5.90. The quantitative estimate of drug-likeness (QED) is 0.910. The van der Waals surface area contributed by atoms with E-state index in [1.165, 1.54) is 6.07 Å². The van der Waals surface area contributed by atoms with Crippen LogP contribution in [0.15, 0.2) is 18.2 Å². The Hall–Kier alpha value is -1.46. The maximum absolute atomic E-state index is 13.7. The van der Waals surface area contributed by atoms with Gasteiger partial charge in [-0.25, -0.2) is 9.37 Å². The lowest BCUT2D eigenvalue weighted by atomic mass is 9.96. The molecule has 0 unspecified atom stereocenters. The average Bonchev–Trinajstić information content (AvgIpc) is 2.93. The van der Waals surface area contributed by atoms with E-state index in [0.717, 1.165) is 50.2 Å². The number of likely N-dealkylation sites (tertiary alicyclic amines) is 1. The van der Waals surface area contributed by atoms with E-state index in [9.17, 15) is 9.50 Å². The first-order valence-corrected chi connectivity index (χ1v) is 7.72. The van der Waals surface area contributed by atoms with E-state index in [1.807, 2.05) is 13.0 Å². The molecule has 3 rings (SSSR count). The fourth-order valence-electron chi connectivity index (χ4n) is 3.03. The number of aromatic amines is 1. The van der Waals surface area contributed by atoms with Crippen molar-refractivity contribution in [3.05, 3.63) is 29.8 Å². The molecule has 1 aliphatic heterocycles. The van der Waals surface area contributed by atoms with Crippen LogP contribution in [0.5, 0.6) is 0 Å². The van der Waals surface area contributed by atoms with Crippen molar-refractivity contribution < 1.29 is 9.50 Å². The number of hydrogen-bond acceptors (Lipinski definition) is 3. The second kappa shape index (κ2) is 6.12. The molecular weight excluding hydrogens is 269 g/mol. The lowest BCUT2D eigenvalue weighted by molar-refractivity contribution is 0.0939. The van der Waals surface area contributed by atoms with Gasteiger partial charge in [0, 0.05) is 12.5 Å². The van der Waals surface area contributed by atoms with Gasteiger partial charge in [0.1, 0.15) is 11.3 Å². The molecule has 1 atom stereocenters. The van der Waals surface area contributed by atoms with Crippen LogP contribution in [0.25, 0.3) is 11.0 Å². The molecule has 0 spiro atoms. The highest BCUT2D eigenvalue weighted by Gasteiger charge is 2.24. The van der Waals surface area contributed by atoms with Crippen LogP contribution < -0.4 is 0 Å². The second-order valence-electron chi connectivity index (χ2n) is 5.90.